The molecule has 0 N–H and O–H groups in total. The van der Waals surface area contributed by atoms with Gasteiger partial charge in [-0.25, -0.2) is 0 Å². The fourth-order valence-electron chi connectivity index (χ4n) is 12.4. The Kier molecular flexibility index (Phi) is 11.2. The minimum Gasteiger partial charge on any atom is -0.310 e. The van der Waals surface area contributed by atoms with E-state index in [2.05, 4.69) is 290 Å². The summed E-state index contributed by atoms with van der Waals surface area (Å²) in [6.07, 6.45) is 0. The second-order valence-electron chi connectivity index (χ2n) is 26.8. The van der Waals surface area contributed by atoms with Gasteiger partial charge >= 0.3 is 0 Å². The summed E-state index contributed by atoms with van der Waals surface area (Å²) < 4.78 is 0. The quantitative estimate of drug-likeness (QED) is 0.164. The molecule has 0 heterocycles. The lowest BCUT2D eigenvalue weighted by molar-refractivity contribution is 0.590. The van der Waals surface area contributed by atoms with Crippen molar-refractivity contribution in [1.82, 2.24) is 0 Å². The third-order valence-electron chi connectivity index (χ3n) is 16.8. The summed E-state index contributed by atoms with van der Waals surface area (Å²) in [6, 6.07) is 65.7. The zero-order valence-electron chi connectivity index (χ0n) is 47.1. The maximum Gasteiger partial charge on any atom is 0.0468 e. The molecular weight excluding hydrogens is 893 g/mol. The van der Waals surface area contributed by atoms with Crippen LogP contribution in [0, 0.1) is 0 Å². The monoisotopic (exact) mass is 969 g/mol. The molecule has 0 saturated carbocycles. The molecule has 2 heteroatoms. The summed E-state index contributed by atoms with van der Waals surface area (Å²) in [5.41, 5.74) is 23.3. The Morgan fingerprint density at radius 1 is 0.270 bits per heavy atom. The van der Waals surface area contributed by atoms with Gasteiger partial charge in [-0.2, -0.15) is 0 Å². The van der Waals surface area contributed by atoms with Crippen LogP contribution in [0.3, 0.4) is 0 Å². The summed E-state index contributed by atoms with van der Waals surface area (Å²) in [6.45, 7) is 37.2. The fraction of sp³-hybridized carbons (Fsp3) is 0.306. The molecule has 0 aromatic heterocycles. The van der Waals surface area contributed by atoms with E-state index in [0.717, 1.165) is 34.1 Å². The highest BCUT2D eigenvalue weighted by Gasteiger charge is 2.43. The summed E-state index contributed by atoms with van der Waals surface area (Å²) in [4.78, 5) is 4.85. The maximum absolute atomic E-state index is 2.58. The molecular formula is C72H76N2. The number of hydrogen-bond acceptors (Lipinski definition) is 2. The Balaban J connectivity index is 0.984. The second-order valence-corrected chi connectivity index (χ2v) is 26.8. The third kappa shape index (κ3) is 8.16. The van der Waals surface area contributed by atoms with E-state index in [0.29, 0.717) is 0 Å². The van der Waals surface area contributed by atoms with Gasteiger partial charge in [0.2, 0.25) is 0 Å². The van der Waals surface area contributed by atoms with Crippen molar-refractivity contribution in [2.24, 2.45) is 0 Å². The van der Waals surface area contributed by atoms with Crippen molar-refractivity contribution in [2.75, 3.05) is 9.80 Å². The summed E-state index contributed by atoms with van der Waals surface area (Å²) in [5, 5.41) is 5.17. The van der Waals surface area contributed by atoms with Gasteiger partial charge in [-0.05, 0) is 189 Å². The van der Waals surface area contributed by atoms with Crippen LogP contribution in [0.4, 0.5) is 34.1 Å². The van der Waals surface area contributed by atoms with E-state index in [1.807, 2.05) is 0 Å². The third-order valence-corrected chi connectivity index (χ3v) is 16.8. The van der Waals surface area contributed by atoms with E-state index in [4.69, 9.17) is 0 Å². The van der Waals surface area contributed by atoms with Crippen molar-refractivity contribution in [3.05, 3.63) is 214 Å². The molecule has 0 radical (unpaired) electrons. The zero-order valence-corrected chi connectivity index (χ0v) is 47.1. The lowest BCUT2D eigenvalue weighted by Crippen LogP contribution is -2.19. The van der Waals surface area contributed by atoms with Gasteiger partial charge in [-0.1, -0.05) is 202 Å². The first-order valence-corrected chi connectivity index (χ1v) is 27.1. The van der Waals surface area contributed by atoms with E-state index in [1.165, 1.54) is 88.3 Å². The molecule has 2 aliphatic carbocycles. The highest BCUT2D eigenvalue weighted by molar-refractivity contribution is 6.04. The smallest absolute Gasteiger partial charge is 0.0468 e. The molecule has 0 fully saturated rings. The Morgan fingerprint density at radius 3 is 0.811 bits per heavy atom. The molecule has 0 spiro atoms. The lowest BCUT2D eigenvalue weighted by Gasteiger charge is -2.29. The van der Waals surface area contributed by atoms with Crippen LogP contribution in [0.5, 0.6) is 0 Å². The van der Waals surface area contributed by atoms with Gasteiger partial charge in [0, 0.05) is 45.0 Å². The number of hydrogen-bond donors (Lipinski definition) is 0. The van der Waals surface area contributed by atoms with Crippen molar-refractivity contribution in [3.8, 4) is 22.3 Å². The topological polar surface area (TPSA) is 6.48 Å². The van der Waals surface area contributed by atoms with Crippen LogP contribution >= 0.6 is 0 Å². The molecule has 74 heavy (non-hydrogen) atoms. The van der Waals surface area contributed by atoms with Gasteiger partial charge in [0.1, 0.15) is 0 Å². The van der Waals surface area contributed by atoms with Gasteiger partial charge in [0.15, 0.2) is 0 Å². The standard InChI is InChI=1S/C72H76N2/c1-67(2,3)47-19-27-51(28-20-47)73(52-29-21-48(22-30-52)68(4,5)6)55-35-39-57-45(41-55)17-37-59-61-43-62-60-38-18-46-42-56(36-40-58(46)66(60)72(15,16)64(62)44-63(61)71(13,14)65(57)59)74(53-31-23-49(24-32-53)69(7,8)9)54-33-25-50(26-34-54)70(10,11)12/h17-44H,1-16H3. The normalized spacial score (nSPS) is 14.7. The predicted octanol–water partition coefficient (Wildman–Crippen LogP) is 20.7. The maximum atomic E-state index is 2.58. The molecule has 0 aliphatic heterocycles. The average Bonchev–Trinajstić information content (AvgIpc) is 3.72. The van der Waals surface area contributed by atoms with Crippen molar-refractivity contribution in [3.63, 3.8) is 0 Å². The largest absolute Gasteiger partial charge is 0.310 e. The van der Waals surface area contributed by atoms with Crippen molar-refractivity contribution < 1.29 is 0 Å². The molecule has 0 bridgehead atoms. The first-order valence-electron chi connectivity index (χ1n) is 27.1. The van der Waals surface area contributed by atoms with E-state index < -0.39 is 0 Å². The number of anilines is 6. The molecule has 11 rings (SSSR count). The number of fused-ring (bicyclic) bond motifs is 10. The first-order chi connectivity index (χ1) is 34.7. The van der Waals surface area contributed by atoms with Crippen LogP contribution in [0.25, 0.3) is 43.8 Å². The Labute approximate surface area is 443 Å². The predicted molar refractivity (Wildman–Crippen MR) is 321 cm³/mol. The molecule has 2 aliphatic rings. The molecule has 2 nitrogen and oxygen atoms in total. The van der Waals surface area contributed by atoms with E-state index in [1.54, 1.807) is 0 Å². The number of rotatable bonds is 6. The molecule has 0 unspecified atom stereocenters. The Morgan fingerprint density at radius 2 is 0.541 bits per heavy atom. The minimum atomic E-state index is -0.201. The van der Waals surface area contributed by atoms with Gasteiger partial charge in [0.25, 0.3) is 0 Å². The van der Waals surface area contributed by atoms with Crippen LogP contribution in [-0.2, 0) is 32.5 Å². The zero-order chi connectivity index (χ0) is 52.7. The highest BCUT2D eigenvalue weighted by Crippen LogP contribution is 2.59. The van der Waals surface area contributed by atoms with Crippen LogP contribution < -0.4 is 9.80 Å². The van der Waals surface area contributed by atoms with Gasteiger partial charge in [-0.15, -0.1) is 0 Å². The Hall–Kier alpha value is -6.90. The number of nitrogens with zero attached hydrogens (tertiary/aromatic N) is 2. The van der Waals surface area contributed by atoms with Gasteiger partial charge in [0.05, 0.1) is 0 Å². The van der Waals surface area contributed by atoms with Crippen LogP contribution in [0.1, 0.15) is 155 Å². The second kappa shape index (κ2) is 16.8. The average molecular weight is 969 g/mol. The van der Waals surface area contributed by atoms with E-state index in [-0.39, 0.29) is 32.5 Å². The summed E-state index contributed by atoms with van der Waals surface area (Å²) >= 11 is 0. The lowest BCUT2D eigenvalue weighted by atomic mass is 9.76. The first kappa shape index (κ1) is 49.3. The highest BCUT2D eigenvalue weighted by atomic mass is 15.1. The molecule has 0 saturated heterocycles. The number of benzene rings is 9. The van der Waals surface area contributed by atoms with Crippen LogP contribution in [0.15, 0.2) is 170 Å². The molecule has 0 atom stereocenters. The fourth-order valence-corrected chi connectivity index (χ4v) is 12.4. The van der Waals surface area contributed by atoms with Crippen molar-refractivity contribution >= 4 is 55.7 Å². The van der Waals surface area contributed by atoms with Crippen LogP contribution in [0.2, 0.25) is 0 Å². The summed E-state index contributed by atoms with van der Waals surface area (Å²) in [7, 11) is 0. The van der Waals surface area contributed by atoms with Gasteiger partial charge in [-0.3, -0.25) is 0 Å². The molecule has 374 valence electrons. The van der Waals surface area contributed by atoms with E-state index in [9.17, 15) is 0 Å². The molecule has 9 aromatic rings. The van der Waals surface area contributed by atoms with Gasteiger partial charge < -0.3 is 9.80 Å². The van der Waals surface area contributed by atoms with E-state index >= 15 is 0 Å². The SMILES string of the molecule is CC(C)(C)c1ccc(N(c2ccc(C(C)(C)C)cc2)c2ccc3c4c(ccc3c2)-c2cc3c(cc2C4(C)C)C(C)(C)c2c-3ccc3cc(N(c4ccc(C(C)(C)C)cc4)c4ccc(C(C)(C)C)cc4)ccc23)cc1. The van der Waals surface area contributed by atoms with Crippen LogP contribution in [-0.4, -0.2) is 0 Å². The van der Waals surface area contributed by atoms with Crippen molar-refractivity contribution in [2.45, 2.75) is 143 Å². The minimum absolute atomic E-state index is 0.0770. The molecule has 9 aromatic carbocycles. The summed E-state index contributed by atoms with van der Waals surface area (Å²) in [5.74, 6) is 0. The van der Waals surface area contributed by atoms with Crippen molar-refractivity contribution in [1.29, 1.82) is 0 Å². The molecule has 0 amide bonds. The Bertz CT molecular complexity index is 3290.